The Kier molecular flexibility index (Phi) is 6.15. The Morgan fingerprint density at radius 3 is 2.43 bits per heavy atom. The average molecular weight is 411 g/mol. The van der Waals surface area contributed by atoms with Crippen molar-refractivity contribution in [2.75, 3.05) is 6.61 Å². The zero-order chi connectivity index (χ0) is 22.1. The highest BCUT2D eigenvalue weighted by Gasteiger charge is 2.43. The zero-order valence-corrected chi connectivity index (χ0v) is 18.3. The summed E-state index contributed by atoms with van der Waals surface area (Å²) in [5.41, 5.74) is 3.30. The molecule has 6 nitrogen and oxygen atoms in total. The van der Waals surface area contributed by atoms with Crippen LogP contribution in [0.1, 0.15) is 65.4 Å². The molecular weight excluding hydrogens is 382 g/mol. The first-order chi connectivity index (χ1) is 14.1. The predicted molar refractivity (Wildman–Crippen MR) is 113 cm³/mol. The van der Waals surface area contributed by atoms with E-state index in [1.54, 1.807) is 24.3 Å². The normalized spacial score (nSPS) is 20.4. The summed E-state index contributed by atoms with van der Waals surface area (Å²) in [7, 11) is 0. The fourth-order valence-electron chi connectivity index (χ4n) is 4.21. The largest absolute Gasteiger partial charge is 0.462 e. The lowest BCUT2D eigenvalue weighted by Gasteiger charge is -2.39. The van der Waals surface area contributed by atoms with Gasteiger partial charge in [0.15, 0.2) is 5.78 Å². The summed E-state index contributed by atoms with van der Waals surface area (Å²) in [4.78, 5) is 37.4. The topological polar surface area (TPSA) is 81.7 Å². The number of ketones is 1. The van der Waals surface area contributed by atoms with E-state index in [9.17, 15) is 14.4 Å². The van der Waals surface area contributed by atoms with Crippen LogP contribution in [0.3, 0.4) is 0 Å². The molecule has 6 heteroatoms. The van der Waals surface area contributed by atoms with Crippen LogP contribution in [-0.2, 0) is 19.1 Å². The predicted octanol–water partition coefficient (Wildman–Crippen LogP) is 4.17. The van der Waals surface area contributed by atoms with E-state index in [1.807, 2.05) is 13.8 Å². The molecule has 1 aliphatic heterocycles. The smallest absolute Gasteiger partial charge is 0.336 e. The highest BCUT2D eigenvalue weighted by Crippen LogP contribution is 2.46. The minimum atomic E-state index is -0.513. The van der Waals surface area contributed by atoms with Gasteiger partial charge in [-0.2, -0.15) is 0 Å². The molecule has 0 bridgehead atoms. The maximum Gasteiger partial charge on any atom is 0.336 e. The Morgan fingerprint density at radius 2 is 1.83 bits per heavy atom. The molecule has 1 N–H and O–H groups in total. The van der Waals surface area contributed by atoms with Gasteiger partial charge < -0.3 is 14.8 Å². The Morgan fingerprint density at radius 1 is 1.17 bits per heavy atom. The van der Waals surface area contributed by atoms with Crippen molar-refractivity contribution >= 4 is 17.7 Å². The number of rotatable bonds is 5. The summed E-state index contributed by atoms with van der Waals surface area (Å²) in [6.07, 6.45) is 1.87. The van der Waals surface area contributed by atoms with E-state index >= 15 is 0 Å². The molecule has 3 rings (SSSR count). The Labute approximate surface area is 177 Å². The maximum absolute atomic E-state index is 13.2. The van der Waals surface area contributed by atoms with E-state index in [0.717, 1.165) is 17.7 Å². The van der Waals surface area contributed by atoms with Crippen molar-refractivity contribution in [3.63, 3.8) is 0 Å². The SMILES string of the molecule is CCCOC(=O)C1=C(C)NC2=C(C(=O)CC(C)(C)C2)C1c1ccc(OC(C)=O)cc1. The van der Waals surface area contributed by atoms with E-state index in [0.29, 0.717) is 42.0 Å². The van der Waals surface area contributed by atoms with Crippen LogP contribution in [0, 0.1) is 5.41 Å². The van der Waals surface area contributed by atoms with Crippen LogP contribution < -0.4 is 10.1 Å². The number of allylic oxidation sites excluding steroid dienone is 3. The number of Topliss-reactive ketones (excluding diaryl/α,β-unsaturated/α-hetero) is 1. The number of esters is 2. The second-order valence-electron chi connectivity index (χ2n) is 8.73. The number of nitrogens with one attached hydrogen (secondary N) is 1. The van der Waals surface area contributed by atoms with Crippen molar-refractivity contribution in [3.05, 3.63) is 52.4 Å². The van der Waals surface area contributed by atoms with E-state index in [4.69, 9.17) is 9.47 Å². The van der Waals surface area contributed by atoms with Crippen LogP contribution in [0.5, 0.6) is 5.75 Å². The third kappa shape index (κ3) is 4.48. The summed E-state index contributed by atoms with van der Waals surface area (Å²) in [5.74, 6) is -0.878. The van der Waals surface area contributed by atoms with Crippen molar-refractivity contribution in [1.82, 2.24) is 5.32 Å². The van der Waals surface area contributed by atoms with Gasteiger partial charge in [-0.05, 0) is 42.9 Å². The third-order valence-corrected chi connectivity index (χ3v) is 5.37. The number of hydrogen-bond donors (Lipinski definition) is 1. The molecule has 0 radical (unpaired) electrons. The fourth-order valence-corrected chi connectivity index (χ4v) is 4.21. The molecule has 1 heterocycles. The van der Waals surface area contributed by atoms with Crippen molar-refractivity contribution in [3.8, 4) is 5.75 Å². The monoisotopic (exact) mass is 411 g/mol. The van der Waals surface area contributed by atoms with Gasteiger partial charge >= 0.3 is 11.9 Å². The summed E-state index contributed by atoms with van der Waals surface area (Å²) in [5, 5.41) is 3.32. The van der Waals surface area contributed by atoms with Gasteiger partial charge in [0.1, 0.15) is 5.75 Å². The van der Waals surface area contributed by atoms with Gasteiger partial charge in [-0.3, -0.25) is 9.59 Å². The number of dihydropyridines is 1. The zero-order valence-electron chi connectivity index (χ0n) is 18.3. The summed E-state index contributed by atoms with van der Waals surface area (Å²) in [6, 6.07) is 6.96. The average Bonchev–Trinajstić information content (AvgIpc) is 2.64. The fraction of sp³-hybridized carbons (Fsp3) is 0.458. The highest BCUT2D eigenvalue weighted by atomic mass is 16.5. The molecule has 160 valence electrons. The number of ether oxygens (including phenoxy) is 2. The lowest BCUT2D eigenvalue weighted by molar-refractivity contribution is -0.139. The first-order valence-electron chi connectivity index (χ1n) is 10.3. The molecule has 1 aliphatic carbocycles. The number of carbonyl (C=O) groups excluding carboxylic acids is 3. The van der Waals surface area contributed by atoms with E-state index in [2.05, 4.69) is 19.2 Å². The Bertz CT molecular complexity index is 937. The quantitative estimate of drug-likeness (QED) is 0.579. The van der Waals surface area contributed by atoms with Crippen molar-refractivity contribution in [2.24, 2.45) is 5.41 Å². The van der Waals surface area contributed by atoms with Crippen molar-refractivity contribution < 1.29 is 23.9 Å². The van der Waals surface area contributed by atoms with Gasteiger partial charge in [0.2, 0.25) is 0 Å². The molecule has 0 amide bonds. The van der Waals surface area contributed by atoms with Crippen molar-refractivity contribution in [1.29, 1.82) is 0 Å². The number of benzene rings is 1. The second kappa shape index (κ2) is 8.46. The maximum atomic E-state index is 13.2. The van der Waals surface area contributed by atoms with Gasteiger partial charge in [-0.15, -0.1) is 0 Å². The molecule has 0 saturated carbocycles. The summed E-state index contributed by atoms with van der Waals surface area (Å²) >= 11 is 0. The first-order valence-corrected chi connectivity index (χ1v) is 10.3. The van der Waals surface area contributed by atoms with Crippen LogP contribution >= 0.6 is 0 Å². The van der Waals surface area contributed by atoms with E-state index in [-0.39, 0.29) is 11.2 Å². The van der Waals surface area contributed by atoms with Gasteiger partial charge in [-0.25, -0.2) is 4.79 Å². The molecule has 1 aromatic carbocycles. The molecule has 0 aromatic heterocycles. The molecule has 0 fully saturated rings. The number of carbonyl (C=O) groups is 3. The summed E-state index contributed by atoms with van der Waals surface area (Å²) in [6.45, 7) is 9.59. The minimum Gasteiger partial charge on any atom is -0.462 e. The van der Waals surface area contributed by atoms with E-state index in [1.165, 1.54) is 6.92 Å². The molecule has 2 aliphatic rings. The summed E-state index contributed by atoms with van der Waals surface area (Å²) < 4.78 is 10.6. The molecular formula is C24H29NO5. The minimum absolute atomic E-state index is 0.0381. The van der Waals surface area contributed by atoms with Gasteiger partial charge in [0.25, 0.3) is 0 Å². The lowest BCUT2D eigenvalue weighted by atomic mass is 9.68. The first kappa shape index (κ1) is 21.8. The van der Waals surface area contributed by atoms with Crippen LogP contribution in [0.4, 0.5) is 0 Å². The molecule has 1 atom stereocenters. The second-order valence-corrected chi connectivity index (χ2v) is 8.73. The number of hydrogen-bond acceptors (Lipinski definition) is 6. The Balaban J connectivity index is 2.09. The Hall–Kier alpha value is -2.89. The van der Waals surface area contributed by atoms with Crippen LogP contribution in [0.2, 0.25) is 0 Å². The standard InChI is InChI=1S/C24H29NO5/c1-6-11-29-23(28)20-14(2)25-18-12-24(4,5)13-19(27)22(18)21(20)16-7-9-17(10-8-16)30-15(3)26/h7-10,21,25H,6,11-13H2,1-5H3. The molecule has 0 saturated heterocycles. The van der Waals surface area contributed by atoms with Gasteiger partial charge in [0, 0.05) is 36.2 Å². The molecule has 0 spiro atoms. The van der Waals surface area contributed by atoms with Crippen molar-refractivity contribution in [2.45, 2.75) is 59.8 Å². The third-order valence-electron chi connectivity index (χ3n) is 5.37. The van der Waals surface area contributed by atoms with Gasteiger partial charge in [0.05, 0.1) is 12.2 Å². The van der Waals surface area contributed by atoms with Crippen LogP contribution in [-0.4, -0.2) is 24.3 Å². The van der Waals surface area contributed by atoms with Crippen LogP contribution in [0.15, 0.2) is 46.8 Å². The van der Waals surface area contributed by atoms with Crippen LogP contribution in [0.25, 0.3) is 0 Å². The van der Waals surface area contributed by atoms with E-state index < -0.39 is 17.9 Å². The lowest BCUT2D eigenvalue weighted by Crippen LogP contribution is -2.38. The molecule has 1 unspecified atom stereocenters. The molecule has 1 aromatic rings. The van der Waals surface area contributed by atoms with Gasteiger partial charge in [-0.1, -0.05) is 32.9 Å². The highest BCUT2D eigenvalue weighted by molar-refractivity contribution is 6.04. The molecule has 30 heavy (non-hydrogen) atoms.